The molecule has 3 rings (SSSR count). The van der Waals surface area contributed by atoms with Gasteiger partial charge in [0.2, 0.25) is 0 Å². The van der Waals surface area contributed by atoms with Gasteiger partial charge < -0.3 is 4.74 Å². The predicted octanol–water partition coefficient (Wildman–Crippen LogP) is 4.10. The first kappa shape index (κ1) is 16.7. The van der Waals surface area contributed by atoms with Crippen LogP contribution in [0.1, 0.15) is 30.0 Å². The SMILES string of the molecule is C#Cc1cc(C2=NNC(=O)O[C@H]2C)ccc1-c1ccc(C(F)F)cc1. The Labute approximate surface area is 143 Å². The lowest BCUT2D eigenvalue weighted by atomic mass is 9.94. The Hall–Kier alpha value is -3.20. The second kappa shape index (κ2) is 6.73. The zero-order valence-corrected chi connectivity index (χ0v) is 13.3. The van der Waals surface area contributed by atoms with Crippen LogP contribution in [0.5, 0.6) is 0 Å². The fourth-order valence-electron chi connectivity index (χ4n) is 2.62. The number of halogens is 2. The van der Waals surface area contributed by atoms with Gasteiger partial charge in [-0.2, -0.15) is 5.10 Å². The van der Waals surface area contributed by atoms with Crippen molar-refractivity contribution in [1.29, 1.82) is 0 Å². The summed E-state index contributed by atoms with van der Waals surface area (Å²) in [5, 5.41) is 4.01. The van der Waals surface area contributed by atoms with Crippen LogP contribution in [0.25, 0.3) is 11.1 Å². The third-order valence-corrected chi connectivity index (χ3v) is 3.88. The maximum atomic E-state index is 12.7. The molecule has 0 saturated carbocycles. The van der Waals surface area contributed by atoms with Gasteiger partial charge in [-0.15, -0.1) is 6.42 Å². The summed E-state index contributed by atoms with van der Waals surface area (Å²) in [4.78, 5) is 11.2. The fourth-order valence-corrected chi connectivity index (χ4v) is 2.62. The highest BCUT2D eigenvalue weighted by molar-refractivity contribution is 6.06. The van der Waals surface area contributed by atoms with Crippen LogP contribution in [0.4, 0.5) is 13.6 Å². The van der Waals surface area contributed by atoms with Crippen molar-refractivity contribution in [2.45, 2.75) is 19.5 Å². The van der Waals surface area contributed by atoms with E-state index in [0.717, 1.165) is 11.1 Å². The number of benzene rings is 2. The van der Waals surface area contributed by atoms with E-state index >= 15 is 0 Å². The third kappa shape index (κ3) is 3.36. The molecule has 0 aromatic heterocycles. The van der Waals surface area contributed by atoms with Crippen LogP contribution in [-0.4, -0.2) is 17.9 Å². The molecule has 0 fully saturated rings. The number of carbonyl (C=O) groups excluding carboxylic acids is 1. The number of hydrazone groups is 1. The van der Waals surface area contributed by atoms with Gasteiger partial charge in [-0.05, 0) is 24.1 Å². The molecule has 0 saturated heterocycles. The van der Waals surface area contributed by atoms with Crippen molar-refractivity contribution in [2.75, 3.05) is 0 Å². The van der Waals surface area contributed by atoms with E-state index in [1.54, 1.807) is 37.3 Å². The number of terminal acetylenes is 1. The second-order valence-corrected chi connectivity index (χ2v) is 5.48. The standard InChI is InChI=1S/C19H14F2N2O2/c1-3-12-10-15(17-11(2)25-19(24)23-22-17)8-9-16(12)13-4-6-14(7-5-13)18(20)21/h1,4-11,18H,2H3,(H,23,24)/t11-/m0/s1. The van der Waals surface area contributed by atoms with E-state index in [-0.39, 0.29) is 5.56 Å². The minimum Gasteiger partial charge on any atom is -0.439 e. The Morgan fingerprint density at radius 3 is 2.48 bits per heavy atom. The molecule has 1 aliphatic rings. The molecular formula is C19H14F2N2O2. The summed E-state index contributed by atoms with van der Waals surface area (Å²) in [5.41, 5.74) is 5.58. The van der Waals surface area contributed by atoms with Gasteiger partial charge in [0, 0.05) is 16.7 Å². The molecular weight excluding hydrogens is 326 g/mol. The van der Waals surface area contributed by atoms with Crippen LogP contribution in [0.15, 0.2) is 47.6 Å². The number of hydrogen-bond donors (Lipinski definition) is 1. The minimum atomic E-state index is -2.51. The molecule has 1 amide bonds. The molecule has 126 valence electrons. The Balaban J connectivity index is 1.98. The van der Waals surface area contributed by atoms with E-state index in [1.165, 1.54) is 12.1 Å². The van der Waals surface area contributed by atoms with Crippen LogP contribution in [0, 0.1) is 12.3 Å². The molecule has 1 atom stereocenters. The first-order valence-corrected chi connectivity index (χ1v) is 7.53. The number of ether oxygens (including phenoxy) is 1. The van der Waals surface area contributed by atoms with Crippen molar-refractivity contribution < 1.29 is 18.3 Å². The molecule has 4 nitrogen and oxygen atoms in total. The van der Waals surface area contributed by atoms with Gasteiger partial charge >= 0.3 is 6.09 Å². The van der Waals surface area contributed by atoms with E-state index < -0.39 is 18.6 Å². The highest BCUT2D eigenvalue weighted by Crippen LogP contribution is 2.28. The Bertz CT molecular complexity index is 883. The second-order valence-electron chi connectivity index (χ2n) is 5.48. The molecule has 0 unspecified atom stereocenters. The van der Waals surface area contributed by atoms with Crippen LogP contribution in [0.3, 0.4) is 0 Å². The summed E-state index contributed by atoms with van der Waals surface area (Å²) in [6.07, 6.45) is 1.99. The summed E-state index contributed by atoms with van der Waals surface area (Å²) in [5.74, 6) is 2.60. The van der Waals surface area contributed by atoms with E-state index in [9.17, 15) is 13.6 Å². The van der Waals surface area contributed by atoms with Gasteiger partial charge in [-0.1, -0.05) is 42.3 Å². The zero-order valence-electron chi connectivity index (χ0n) is 13.3. The Kier molecular flexibility index (Phi) is 4.48. The Morgan fingerprint density at radius 2 is 1.88 bits per heavy atom. The molecule has 0 radical (unpaired) electrons. The van der Waals surface area contributed by atoms with Gasteiger partial charge in [0.25, 0.3) is 6.43 Å². The van der Waals surface area contributed by atoms with Crippen molar-refractivity contribution in [3.05, 3.63) is 59.2 Å². The molecule has 0 spiro atoms. The van der Waals surface area contributed by atoms with Gasteiger partial charge in [-0.25, -0.2) is 19.0 Å². The normalized spacial score (nSPS) is 16.7. The quantitative estimate of drug-likeness (QED) is 0.855. The molecule has 0 aliphatic carbocycles. The monoisotopic (exact) mass is 340 g/mol. The summed E-state index contributed by atoms with van der Waals surface area (Å²) >= 11 is 0. The highest BCUT2D eigenvalue weighted by atomic mass is 19.3. The minimum absolute atomic E-state index is 0.0408. The predicted molar refractivity (Wildman–Crippen MR) is 90.4 cm³/mol. The smallest absolute Gasteiger partial charge is 0.428 e. The van der Waals surface area contributed by atoms with E-state index in [4.69, 9.17) is 11.2 Å². The van der Waals surface area contributed by atoms with Crippen molar-refractivity contribution in [1.82, 2.24) is 5.43 Å². The average Bonchev–Trinajstić information content (AvgIpc) is 2.61. The molecule has 2 aromatic rings. The molecule has 25 heavy (non-hydrogen) atoms. The highest BCUT2D eigenvalue weighted by Gasteiger charge is 2.23. The maximum absolute atomic E-state index is 12.7. The van der Waals surface area contributed by atoms with Crippen molar-refractivity contribution in [2.24, 2.45) is 5.10 Å². The fraction of sp³-hybridized carbons (Fsp3) is 0.158. The lowest BCUT2D eigenvalue weighted by molar-refractivity contribution is 0.127. The molecule has 1 N–H and O–H groups in total. The van der Waals surface area contributed by atoms with Gasteiger partial charge in [0.05, 0.1) is 0 Å². The molecule has 1 aliphatic heterocycles. The summed E-state index contributed by atoms with van der Waals surface area (Å²) in [6, 6.07) is 11.3. The largest absolute Gasteiger partial charge is 0.439 e. The molecule has 6 heteroatoms. The van der Waals surface area contributed by atoms with Gasteiger partial charge in [-0.3, -0.25) is 0 Å². The van der Waals surface area contributed by atoms with Crippen LogP contribution >= 0.6 is 0 Å². The number of rotatable bonds is 3. The number of carbonyl (C=O) groups is 1. The number of amides is 1. The number of nitrogens with one attached hydrogen (secondary N) is 1. The molecule has 1 heterocycles. The topological polar surface area (TPSA) is 50.7 Å². The van der Waals surface area contributed by atoms with E-state index in [0.29, 0.717) is 16.8 Å². The molecule has 0 bridgehead atoms. The third-order valence-electron chi connectivity index (χ3n) is 3.88. The van der Waals surface area contributed by atoms with E-state index in [1.807, 2.05) is 0 Å². The number of hydrogen-bond acceptors (Lipinski definition) is 3. The first-order valence-electron chi connectivity index (χ1n) is 7.53. The number of alkyl halides is 2. The van der Waals surface area contributed by atoms with Crippen LogP contribution in [0.2, 0.25) is 0 Å². The zero-order chi connectivity index (χ0) is 18.0. The van der Waals surface area contributed by atoms with Crippen molar-refractivity contribution in [3.63, 3.8) is 0 Å². The van der Waals surface area contributed by atoms with Crippen LogP contribution in [-0.2, 0) is 4.74 Å². The van der Waals surface area contributed by atoms with Crippen LogP contribution < -0.4 is 5.43 Å². The Morgan fingerprint density at radius 1 is 1.20 bits per heavy atom. The average molecular weight is 340 g/mol. The summed E-state index contributed by atoms with van der Waals surface area (Å²) in [7, 11) is 0. The summed E-state index contributed by atoms with van der Waals surface area (Å²) in [6.45, 7) is 1.71. The van der Waals surface area contributed by atoms with E-state index in [2.05, 4.69) is 16.4 Å². The summed E-state index contributed by atoms with van der Waals surface area (Å²) < 4.78 is 30.4. The van der Waals surface area contributed by atoms with Crippen molar-refractivity contribution >= 4 is 11.8 Å². The van der Waals surface area contributed by atoms with Gasteiger partial charge in [0.15, 0.2) is 0 Å². The number of cyclic esters (lactones) is 1. The maximum Gasteiger partial charge on any atom is 0.428 e. The lowest BCUT2D eigenvalue weighted by Gasteiger charge is -2.20. The molecule has 2 aromatic carbocycles. The van der Waals surface area contributed by atoms with Crippen molar-refractivity contribution in [3.8, 4) is 23.5 Å². The number of nitrogens with zero attached hydrogens (tertiary/aromatic N) is 1. The van der Waals surface area contributed by atoms with Gasteiger partial charge in [0.1, 0.15) is 11.8 Å². The lowest BCUT2D eigenvalue weighted by Crippen LogP contribution is -2.37. The first-order chi connectivity index (χ1) is 12.0.